The Labute approximate surface area is 174 Å². The van der Waals surface area contributed by atoms with E-state index in [1.807, 2.05) is 44.2 Å². The number of benzene rings is 2. The van der Waals surface area contributed by atoms with Crippen LogP contribution >= 0.6 is 22.9 Å². The number of nitrogens with zero attached hydrogens (tertiary/aromatic N) is 2. The van der Waals surface area contributed by atoms with Gasteiger partial charge in [-0.3, -0.25) is 9.69 Å². The van der Waals surface area contributed by atoms with Gasteiger partial charge in [0.2, 0.25) is 0 Å². The second kappa shape index (κ2) is 8.90. The van der Waals surface area contributed by atoms with Gasteiger partial charge in [-0.15, -0.1) is 0 Å². The Morgan fingerprint density at radius 1 is 1.21 bits per heavy atom. The number of ether oxygens (including phenoxy) is 1. The lowest BCUT2D eigenvalue weighted by molar-refractivity contribution is -0.856. The molecule has 7 heteroatoms. The van der Waals surface area contributed by atoms with Crippen LogP contribution in [0, 0.1) is 0 Å². The molecule has 28 heavy (non-hydrogen) atoms. The van der Waals surface area contributed by atoms with Crippen molar-refractivity contribution in [3.05, 3.63) is 53.1 Å². The number of anilines is 1. The van der Waals surface area contributed by atoms with Gasteiger partial charge in [0.15, 0.2) is 5.13 Å². The smallest absolute Gasteiger partial charge is 0.260 e. The van der Waals surface area contributed by atoms with Crippen LogP contribution in [0.15, 0.2) is 42.5 Å². The number of fused-ring (bicyclic) bond motifs is 1. The van der Waals surface area contributed by atoms with E-state index in [0.29, 0.717) is 22.3 Å². The van der Waals surface area contributed by atoms with E-state index in [4.69, 9.17) is 16.3 Å². The molecular weight excluding hydrogens is 394 g/mol. The number of nitrogens with one attached hydrogen (secondary N) is 1. The molecule has 2 aromatic carbocycles. The fraction of sp³-hybridized carbons (Fsp3) is 0.333. The summed E-state index contributed by atoms with van der Waals surface area (Å²) in [5.74, 6) is 0.688. The maximum Gasteiger partial charge on any atom is 0.260 e. The minimum atomic E-state index is -0.0671. The fourth-order valence-electron chi connectivity index (χ4n) is 2.73. The second-order valence-corrected chi connectivity index (χ2v) is 8.66. The van der Waals surface area contributed by atoms with Crippen LogP contribution < -0.4 is 14.5 Å². The second-order valence-electron chi connectivity index (χ2n) is 7.21. The summed E-state index contributed by atoms with van der Waals surface area (Å²) >= 11 is 7.58. The molecule has 1 aromatic heterocycles. The van der Waals surface area contributed by atoms with Gasteiger partial charge in [-0.1, -0.05) is 22.9 Å². The van der Waals surface area contributed by atoms with E-state index >= 15 is 0 Å². The molecule has 0 unspecified atom stereocenters. The highest BCUT2D eigenvalue weighted by molar-refractivity contribution is 7.22. The van der Waals surface area contributed by atoms with Crippen molar-refractivity contribution in [2.24, 2.45) is 0 Å². The number of rotatable bonds is 7. The zero-order valence-corrected chi connectivity index (χ0v) is 18.1. The molecule has 0 aliphatic carbocycles. The minimum Gasteiger partial charge on any atom is -0.491 e. The largest absolute Gasteiger partial charge is 0.491 e. The molecule has 1 N–H and O–H groups in total. The molecular formula is C21H25ClN3O2S+. The van der Waals surface area contributed by atoms with Crippen LogP contribution in [0.1, 0.15) is 24.2 Å². The molecule has 0 radical (unpaired) electrons. The topological polar surface area (TPSA) is 46.9 Å². The lowest BCUT2D eigenvalue weighted by Crippen LogP contribution is -3.06. The number of carbonyl (C=O) groups excluding carboxylic acids is 1. The van der Waals surface area contributed by atoms with Crippen molar-refractivity contribution in [1.82, 2.24) is 4.98 Å². The molecule has 1 heterocycles. The standard InChI is InChI=1S/C21H24ClN3O2S/c1-14(2)27-17-8-5-15(6-9-17)20(26)25(12-11-24(3)4)21-23-18-10-7-16(22)13-19(18)28-21/h5-10,13-14H,11-12H2,1-4H3/p+1. The number of aromatic nitrogens is 1. The molecule has 148 valence electrons. The van der Waals surface area contributed by atoms with Gasteiger partial charge >= 0.3 is 0 Å². The van der Waals surface area contributed by atoms with E-state index in [1.165, 1.54) is 16.2 Å². The van der Waals surface area contributed by atoms with Crippen LogP contribution in [0.4, 0.5) is 5.13 Å². The Balaban J connectivity index is 1.90. The van der Waals surface area contributed by atoms with E-state index < -0.39 is 0 Å². The number of amides is 1. The number of hydrogen-bond donors (Lipinski definition) is 1. The number of thiazole rings is 1. The van der Waals surface area contributed by atoms with Crippen LogP contribution in [0.3, 0.4) is 0 Å². The molecule has 0 aliphatic heterocycles. The lowest BCUT2D eigenvalue weighted by Gasteiger charge is -2.21. The minimum absolute atomic E-state index is 0.0671. The van der Waals surface area contributed by atoms with E-state index in [0.717, 1.165) is 22.5 Å². The van der Waals surface area contributed by atoms with E-state index in [9.17, 15) is 4.79 Å². The zero-order valence-electron chi connectivity index (χ0n) is 16.5. The summed E-state index contributed by atoms with van der Waals surface area (Å²) in [7, 11) is 4.14. The maximum absolute atomic E-state index is 13.3. The van der Waals surface area contributed by atoms with Crippen molar-refractivity contribution in [3.63, 3.8) is 0 Å². The Bertz CT molecular complexity index is 954. The first kappa shape index (κ1) is 20.6. The molecule has 5 nitrogen and oxygen atoms in total. The van der Waals surface area contributed by atoms with Gasteiger partial charge in [0.1, 0.15) is 5.75 Å². The van der Waals surface area contributed by atoms with Crippen molar-refractivity contribution < 1.29 is 14.4 Å². The van der Waals surface area contributed by atoms with E-state index in [1.54, 1.807) is 17.0 Å². The van der Waals surface area contributed by atoms with Gasteiger partial charge in [-0.2, -0.15) is 0 Å². The number of quaternary nitrogens is 1. The normalized spacial score (nSPS) is 11.4. The van der Waals surface area contributed by atoms with Crippen LogP contribution in [-0.2, 0) is 0 Å². The van der Waals surface area contributed by atoms with Crippen LogP contribution in [0.5, 0.6) is 5.75 Å². The molecule has 0 aliphatic rings. The Hall–Kier alpha value is -2.15. The van der Waals surface area contributed by atoms with Gasteiger partial charge in [-0.25, -0.2) is 4.98 Å². The summed E-state index contributed by atoms with van der Waals surface area (Å²) < 4.78 is 6.64. The first-order chi connectivity index (χ1) is 13.3. The summed E-state index contributed by atoms with van der Waals surface area (Å²) in [5.41, 5.74) is 1.46. The highest BCUT2D eigenvalue weighted by atomic mass is 35.5. The van der Waals surface area contributed by atoms with Crippen molar-refractivity contribution in [1.29, 1.82) is 0 Å². The van der Waals surface area contributed by atoms with Crippen LogP contribution in [0.2, 0.25) is 5.02 Å². The zero-order chi connectivity index (χ0) is 20.3. The first-order valence-electron chi connectivity index (χ1n) is 9.27. The molecule has 1 amide bonds. The van der Waals surface area contributed by atoms with Crippen molar-refractivity contribution >= 4 is 44.2 Å². The number of likely N-dealkylation sites (N-methyl/N-ethyl adjacent to an activating group) is 1. The monoisotopic (exact) mass is 418 g/mol. The summed E-state index contributed by atoms with van der Waals surface area (Å²) in [6, 6.07) is 12.9. The Morgan fingerprint density at radius 2 is 1.93 bits per heavy atom. The van der Waals surface area contributed by atoms with Gasteiger partial charge < -0.3 is 9.64 Å². The molecule has 0 spiro atoms. The van der Waals surface area contributed by atoms with Crippen LogP contribution in [0.25, 0.3) is 10.2 Å². The Morgan fingerprint density at radius 3 is 2.57 bits per heavy atom. The quantitative estimate of drug-likeness (QED) is 0.638. The summed E-state index contributed by atoms with van der Waals surface area (Å²) in [4.78, 5) is 20.9. The van der Waals surface area contributed by atoms with Gasteiger partial charge in [0.25, 0.3) is 5.91 Å². The summed E-state index contributed by atoms with van der Waals surface area (Å²) in [6.07, 6.45) is 0.0932. The van der Waals surface area contributed by atoms with E-state index in [2.05, 4.69) is 19.1 Å². The summed E-state index contributed by atoms with van der Waals surface area (Å²) in [6.45, 7) is 5.35. The number of carbonyl (C=O) groups is 1. The molecule has 3 rings (SSSR count). The highest BCUT2D eigenvalue weighted by Crippen LogP contribution is 2.31. The third-order valence-electron chi connectivity index (χ3n) is 4.12. The molecule has 0 fully saturated rings. The molecule has 0 atom stereocenters. The highest BCUT2D eigenvalue weighted by Gasteiger charge is 2.22. The first-order valence-corrected chi connectivity index (χ1v) is 10.5. The fourth-order valence-corrected chi connectivity index (χ4v) is 3.99. The molecule has 0 saturated carbocycles. The van der Waals surface area contributed by atoms with Gasteiger partial charge in [0.05, 0.1) is 43.5 Å². The third kappa shape index (κ3) is 5.01. The molecule has 3 aromatic rings. The third-order valence-corrected chi connectivity index (χ3v) is 5.40. The SMILES string of the molecule is CC(C)Oc1ccc(C(=O)N(CC[NH+](C)C)c2nc3ccc(Cl)cc3s2)cc1. The van der Waals surface area contributed by atoms with Crippen molar-refractivity contribution in [2.75, 3.05) is 32.1 Å². The van der Waals surface area contributed by atoms with Gasteiger partial charge in [-0.05, 0) is 56.3 Å². The predicted molar refractivity (Wildman–Crippen MR) is 116 cm³/mol. The van der Waals surface area contributed by atoms with Crippen molar-refractivity contribution in [3.8, 4) is 5.75 Å². The molecule has 0 bridgehead atoms. The summed E-state index contributed by atoms with van der Waals surface area (Å²) in [5, 5.41) is 1.35. The predicted octanol–water partition coefficient (Wildman–Crippen LogP) is 3.53. The lowest BCUT2D eigenvalue weighted by atomic mass is 10.2. The average molecular weight is 419 g/mol. The van der Waals surface area contributed by atoms with Gasteiger partial charge in [0, 0.05) is 10.6 Å². The number of hydrogen-bond acceptors (Lipinski definition) is 4. The van der Waals surface area contributed by atoms with E-state index in [-0.39, 0.29) is 12.0 Å². The molecule has 0 saturated heterocycles. The Kier molecular flexibility index (Phi) is 6.54. The van der Waals surface area contributed by atoms with Crippen LogP contribution in [-0.4, -0.2) is 44.2 Å². The van der Waals surface area contributed by atoms with Crippen molar-refractivity contribution in [2.45, 2.75) is 20.0 Å². The number of halogens is 1. The average Bonchev–Trinajstić information content (AvgIpc) is 3.04. The maximum atomic E-state index is 13.3.